The van der Waals surface area contributed by atoms with Crippen molar-refractivity contribution < 1.29 is 9.53 Å². The molecule has 1 aromatic rings. The molecule has 1 aliphatic carbocycles. The standard InChI is InChI=1S/C13H15O2.3C4H9.Sn/c1-3-15-13(14)12-8-11(12)10-6-4-9(2)5-7-10;3*1-3-4-2;/h4-7,11H,3,8H2,1-2H3;3*1,3-4H2,2H3;/t11-;;;;/m0..../s1. The molecule has 0 saturated heterocycles. The van der Waals surface area contributed by atoms with E-state index in [1.807, 2.05) is 6.92 Å². The number of esters is 1. The fourth-order valence-corrected chi connectivity index (χ4v) is 26.0. The number of hydrogen-bond acceptors (Lipinski definition) is 2. The molecule has 0 heterocycles. The summed E-state index contributed by atoms with van der Waals surface area (Å²) >= 11 is -2.78. The molecule has 0 N–H and O–H groups in total. The summed E-state index contributed by atoms with van der Waals surface area (Å²) in [5.41, 5.74) is 2.67. The SMILES string of the molecule is CCC[CH2][Sn]([CH2]CCC)([CH2]CCC)[C@@]1(C(=O)OCC)C[C@H]1c1ccc(C)cc1. The quantitative estimate of drug-likeness (QED) is 0.209. The predicted molar refractivity (Wildman–Crippen MR) is 123 cm³/mol. The van der Waals surface area contributed by atoms with E-state index >= 15 is 0 Å². The van der Waals surface area contributed by atoms with Crippen LogP contribution in [-0.4, -0.2) is 31.0 Å². The Kier molecular flexibility index (Phi) is 9.37. The third-order valence-corrected chi connectivity index (χ3v) is 25.8. The molecule has 0 aromatic heterocycles. The van der Waals surface area contributed by atoms with Crippen LogP contribution in [0.25, 0.3) is 0 Å². The Labute approximate surface area is 177 Å². The predicted octanol–water partition coefficient (Wildman–Crippen LogP) is 7.63. The first kappa shape index (κ1) is 23.8. The summed E-state index contributed by atoms with van der Waals surface area (Å²) in [5.74, 6) is 0.577. The molecule has 1 aliphatic rings. The molecule has 2 nitrogen and oxygen atoms in total. The maximum atomic E-state index is 13.5. The monoisotopic (exact) mass is 494 g/mol. The van der Waals surface area contributed by atoms with Crippen LogP contribution in [0.15, 0.2) is 24.3 Å². The molecule has 1 aromatic carbocycles. The molecule has 28 heavy (non-hydrogen) atoms. The topological polar surface area (TPSA) is 26.3 Å². The second-order valence-corrected chi connectivity index (χ2v) is 23.1. The van der Waals surface area contributed by atoms with Crippen LogP contribution < -0.4 is 0 Å². The van der Waals surface area contributed by atoms with E-state index in [9.17, 15) is 4.79 Å². The van der Waals surface area contributed by atoms with Crippen molar-refractivity contribution in [3.05, 3.63) is 35.4 Å². The van der Waals surface area contributed by atoms with Crippen LogP contribution in [0.1, 0.15) is 89.7 Å². The third kappa shape index (κ3) is 4.96. The molecule has 0 spiro atoms. The number of carbonyl (C=O) groups is 1. The van der Waals surface area contributed by atoms with Gasteiger partial charge in [-0.05, 0) is 0 Å². The fraction of sp³-hybridized carbons (Fsp3) is 0.720. The van der Waals surface area contributed by atoms with E-state index in [2.05, 4.69) is 52.0 Å². The Morgan fingerprint density at radius 1 is 0.964 bits per heavy atom. The average molecular weight is 493 g/mol. The van der Waals surface area contributed by atoms with Gasteiger partial charge in [0.2, 0.25) is 0 Å². The number of unbranched alkanes of at least 4 members (excludes halogenated alkanes) is 3. The van der Waals surface area contributed by atoms with Crippen molar-refractivity contribution in [1.82, 2.24) is 0 Å². The van der Waals surface area contributed by atoms with Crippen LogP contribution in [0.3, 0.4) is 0 Å². The van der Waals surface area contributed by atoms with Crippen molar-refractivity contribution in [2.75, 3.05) is 6.61 Å². The van der Waals surface area contributed by atoms with Crippen LogP contribution in [0, 0.1) is 6.92 Å². The Hall–Kier alpha value is -0.511. The molecule has 0 amide bonds. The molecule has 158 valence electrons. The van der Waals surface area contributed by atoms with Gasteiger partial charge in [-0.1, -0.05) is 0 Å². The summed E-state index contributed by atoms with van der Waals surface area (Å²) in [5, 5.41) is 0. The molecule has 2 atom stereocenters. The molecular weight excluding hydrogens is 451 g/mol. The van der Waals surface area contributed by atoms with Crippen molar-refractivity contribution >= 4 is 24.3 Å². The number of rotatable bonds is 13. The van der Waals surface area contributed by atoms with Gasteiger partial charge in [-0.3, -0.25) is 0 Å². The van der Waals surface area contributed by atoms with Gasteiger partial charge in [-0.15, -0.1) is 0 Å². The van der Waals surface area contributed by atoms with Crippen molar-refractivity contribution in [2.45, 2.75) is 102 Å². The molecule has 1 fully saturated rings. The first-order chi connectivity index (χ1) is 13.5. The zero-order chi connectivity index (χ0) is 20.6. The van der Waals surface area contributed by atoms with Gasteiger partial charge in [0, 0.05) is 0 Å². The Balaban J connectivity index is 2.48. The van der Waals surface area contributed by atoms with Gasteiger partial charge in [0.15, 0.2) is 0 Å². The summed E-state index contributed by atoms with van der Waals surface area (Å²) < 4.78 is 9.79. The van der Waals surface area contributed by atoms with Crippen LogP contribution >= 0.6 is 0 Å². The normalized spacial score (nSPS) is 21.5. The minimum absolute atomic E-state index is 0.112. The zero-order valence-corrected chi connectivity index (χ0v) is 21.8. The van der Waals surface area contributed by atoms with Gasteiger partial charge < -0.3 is 0 Å². The van der Waals surface area contributed by atoms with Gasteiger partial charge in [-0.25, -0.2) is 0 Å². The molecule has 0 bridgehead atoms. The summed E-state index contributed by atoms with van der Waals surface area (Å²) in [6.45, 7) is 11.5. The minimum atomic E-state index is -2.78. The third-order valence-electron chi connectivity index (χ3n) is 7.05. The average Bonchev–Trinajstić information content (AvgIpc) is 3.46. The maximum absolute atomic E-state index is 13.5. The van der Waals surface area contributed by atoms with Gasteiger partial charge in [-0.2, -0.15) is 0 Å². The molecule has 2 rings (SSSR count). The number of hydrogen-bond donors (Lipinski definition) is 0. The number of aryl methyl sites for hydroxylation is 1. The van der Waals surface area contributed by atoms with E-state index in [1.54, 1.807) is 0 Å². The van der Waals surface area contributed by atoms with Crippen molar-refractivity contribution in [2.24, 2.45) is 0 Å². The molecule has 0 radical (unpaired) electrons. The van der Waals surface area contributed by atoms with Crippen molar-refractivity contribution in [3.8, 4) is 0 Å². The van der Waals surface area contributed by atoms with E-state index in [-0.39, 0.29) is 9.40 Å². The first-order valence-corrected chi connectivity index (χ1v) is 19.2. The first-order valence-electron chi connectivity index (χ1n) is 11.7. The van der Waals surface area contributed by atoms with Gasteiger partial charge >= 0.3 is 178 Å². The van der Waals surface area contributed by atoms with Gasteiger partial charge in [0.1, 0.15) is 0 Å². The van der Waals surface area contributed by atoms with E-state index in [4.69, 9.17) is 4.74 Å². The van der Waals surface area contributed by atoms with Crippen LogP contribution in [0.5, 0.6) is 0 Å². The van der Waals surface area contributed by atoms with Crippen LogP contribution in [0.2, 0.25) is 16.7 Å². The molecular formula is C25H42O2Sn. The van der Waals surface area contributed by atoms with Crippen molar-refractivity contribution in [1.29, 1.82) is 0 Å². The number of carbonyl (C=O) groups excluding carboxylic acids is 1. The summed E-state index contributed by atoms with van der Waals surface area (Å²) in [7, 11) is 0. The Morgan fingerprint density at radius 3 is 1.89 bits per heavy atom. The molecule has 0 unspecified atom stereocenters. The summed E-state index contributed by atoms with van der Waals surface area (Å²) in [6, 6.07) is 8.98. The zero-order valence-electron chi connectivity index (χ0n) is 19.0. The second kappa shape index (κ2) is 11.0. The van der Waals surface area contributed by atoms with Gasteiger partial charge in [0.05, 0.1) is 0 Å². The van der Waals surface area contributed by atoms with E-state index in [0.717, 1.165) is 6.42 Å². The summed E-state index contributed by atoms with van der Waals surface area (Å²) in [4.78, 5) is 13.5. The molecule has 3 heteroatoms. The second-order valence-electron chi connectivity index (χ2n) is 8.95. The molecule has 0 aliphatic heterocycles. The van der Waals surface area contributed by atoms with Gasteiger partial charge in [0.25, 0.3) is 0 Å². The van der Waals surface area contributed by atoms with Crippen LogP contribution in [0.4, 0.5) is 0 Å². The Bertz CT molecular complexity index is 588. The number of ether oxygens (including phenoxy) is 1. The van der Waals surface area contributed by atoms with E-state index in [1.165, 1.54) is 63.0 Å². The Morgan fingerprint density at radius 2 is 1.46 bits per heavy atom. The molecule has 1 saturated carbocycles. The van der Waals surface area contributed by atoms with Crippen LogP contribution in [-0.2, 0) is 9.53 Å². The summed E-state index contributed by atoms with van der Waals surface area (Å²) in [6.07, 6.45) is 8.67. The fourth-order valence-electron chi connectivity index (χ4n) is 5.34. The number of benzene rings is 1. The van der Waals surface area contributed by atoms with E-state index in [0.29, 0.717) is 12.5 Å². The van der Waals surface area contributed by atoms with Crippen molar-refractivity contribution in [3.63, 3.8) is 0 Å². The van der Waals surface area contributed by atoms with E-state index < -0.39 is 18.4 Å².